The summed E-state index contributed by atoms with van der Waals surface area (Å²) < 4.78 is 63.4. The summed E-state index contributed by atoms with van der Waals surface area (Å²) in [7, 11) is 1.48. The number of hydrogen-bond donors (Lipinski definition) is 1. The molecule has 0 aliphatic rings. The van der Waals surface area contributed by atoms with Crippen molar-refractivity contribution in [1.82, 2.24) is 4.98 Å². The summed E-state index contributed by atoms with van der Waals surface area (Å²) in [6, 6.07) is 11.9. The van der Waals surface area contributed by atoms with Gasteiger partial charge in [0.15, 0.2) is 11.5 Å². The first-order valence-corrected chi connectivity index (χ1v) is 9.92. The monoisotopic (exact) mass is 545 g/mol. The third-order valence-corrected chi connectivity index (χ3v) is 4.87. The fourth-order valence-electron chi connectivity index (χ4n) is 2.52. The van der Waals surface area contributed by atoms with Gasteiger partial charge in [0.2, 0.25) is 0 Å². The highest BCUT2D eigenvalue weighted by atomic mass is 127. The fourth-order valence-corrected chi connectivity index (χ4v) is 3.30. The Bertz CT molecular complexity index is 1070. The molecule has 2 aromatic carbocycles. The summed E-state index contributed by atoms with van der Waals surface area (Å²) in [6.07, 6.45) is -2.26. The van der Waals surface area contributed by atoms with Crippen molar-refractivity contribution in [2.24, 2.45) is 5.10 Å². The summed E-state index contributed by atoms with van der Waals surface area (Å²) in [5.41, 5.74) is 2.80. The molecule has 0 saturated heterocycles. The van der Waals surface area contributed by atoms with Crippen LogP contribution in [0.15, 0.2) is 59.8 Å². The van der Waals surface area contributed by atoms with E-state index in [-0.39, 0.29) is 18.2 Å². The van der Waals surface area contributed by atoms with E-state index in [9.17, 15) is 17.6 Å². The van der Waals surface area contributed by atoms with Crippen molar-refractivity contribution in [2.45, 2.75) is 12.8 Å². The first kappa shape index (κ1) is 22.8. The van der Waals surface area contributed by atoms with Crippen LogP contribution in [-0.4, -0.2) is 18.3 Å². The molecular formula is C21H16F4IN3O2. The van der Waals surface area contributed by atoms with E-state index in [1.54, 1.807) is 30.3 Å². The fraction of sp³-hybridized carbons (Fsp3) is 0.143. The maximum atomic E-state index is 13.8. The Labute approximate surface area is 189 Å². The highest BCUT2D eigenvalue weighted by molar-refractivity contribution is 14.1. The molecular weight excluding hydrogens is 529 g/mol. The Morgan fingerprint density at radius 2 is 1.94 bits per heavy atom. The smallest absolute Gasteiger partial charge is 0.417 e. The molecule has 0 saturated carbocycles. The summed E-state index contributed by atoms with van der Waals surface area (Å²) in [4.78, 5) is 3.68. The Kier molecular flexibility index (Phi) is 7.31. The molecule has 10 heteroatoms. The van der Waals surface area contributed by atoms with Crippen LogP contribution in [0.2, 0.25) is 0 Å². The molecule has 0 bridgehead atoms. The molecule has 0 spiro atoms. The average molecular weight is 545 g/mol. The highest BCUT2D eigenvalue weighted by Gasteiger charge is 2.30. The number of halogens is 5. The minimum atomic E-state index is -4.45. The van der Waals surface area contributed by atoms with Gasteiger partial charge in [-0.25, -0.2) is 9.37 Å². The number of nitrogens with one attached hydrogen (secondary N) is 1. The molecule has 162 valence electrons. The average Bonchev–Trinajstić information content (AvgIpc) is 2.73. The van der Waals surface area contributed by atoms with E-state index in [4.69, 9.17) is 9.47 Å². The van der Waals surface area contributed by atoms with Gasteiger partial charge in [-0.1, -0.05) is 18.2 Å². The summed E-state index contributed by atoms with van der Waals surface area (Å²) in [5.74, 6) is 0.692. The van der Waals surface area contributed by atoms with Crippen molar-refractivity contribution in [3.8, 4) is 11.5 Å². The van der Waals surface area contributed by atoms with E-state index >= 15 is 0 Å². The minimum Gasteiger partial charge on any atom is -0.493 e. The second kappa shape index (κ2) is 9.94. The molecule has 3 rings (SSSR count). The van der Waals surface area contributed by atoms with Crippen molar-refractivity contribution in [2.75, 3.05) is 12.5 Å². The first-order valence-electron chi connectivity index (χ1n) is 8.84. The molecule has 0 atom stereocenters. The second-order valence-corrected chi connectivity index (χ2v) is 7.38. The molecule has 0 amide bonds. The topological polar surface area (TPSA) is 55.7 Å². The lowest BCUT2D eigenvalue weighted by molar-refractivity contribution is -0.137. The SMILES string of the molecule is COc1cc(/C=N\Nc2ccc(C(F)(F)F)cn2)cc(I)c1OCc1ccccc1F. The number of hydrogen-bond acceptors (Lipinski definition) is 5. The molecule has 0 fully saturated rings. The van der Waals surface area contributed by atoms with Crippen LogP contribution in [0.1, 0.15) is 16.7 Å². The summed E-state index contributed by atoms with van der Waals surface area (Å²) in [5, 5.41) is 3.99. The van der Waals surface area contributed by atoms with E-state index < -0.39 is 11.7 Å². The van der Waals surface area contributed by atoms with Gasteiger partial charge in [0.05, 0.1) is 22.5 Å². The Morgan fingerprint density at radius 3 is 2.58 bits per heavy atom. The van der Waals surface area contributed by atoms with Gasteiger partial charge in [-0.15, -0.1) is 0 Å². The number of methoxy groups -OCH3 is 1. The van der Waals surface area contributed by atoms with Crippen LogP contribution in [0, 0.1) is 9.39 Å². The van der Waals surface area contributed by atoms with Gasteiger partial charge in [-0.05, 0) is 58.5 Å². The van der Waals surface area contributed by atoms with E-state index in [1.165, 1.54) is 25.5 Å². The van der Waals surface area contributed by atoms with Crippen molar-refractivity contribution in [1.29, 1.82) is 0 Å². The second-order valence-electron chi connectivity index (χ2n) is 6.21. The lowest BCUT2D eigenvalue weighted by Crippen LogP contribution is -2.05. The number of alkyl halides is 3. The quantitative estimate of drug-likeness (QED) is 0.175. The van der Waals surface area contributed by atoms with Crippen LogP contribution in [0.5, 0.6) is 11.5 Å². The number of rotatable bonds is 7. The molecule has 1 aromatic heterocycles. The van der Waals surface area contributed by atoms with E-state index in [0.29, 0.717) is 26.2 Å². The molecule has 0 aliphatic carbocycles. The third-order valence-electron chi connectivity index (χ3n) is 4.07. The number of anilines is 1. The predicted octanol–water partition coefficient (Wildman–Crippen LogP) is 5.88. The number of aromatic nitrogens is 1. The van der Waals surface area contributed by atoms with Crippen LogP contribution >= 0.6 is 22.6 Å². The standard InChI is InChI=1S/C21H16F4IN3O2/c1-30-18-9-13(10-28-29-19-7-6-15(11-27-19)21(23,24)25)8-17(26)20(18)31-12-14-4-2-3-5-16(14)22/h2-11H,12H2,1H3,(H,27,29)/b28-10-. The largest absolute Gasteiger partial charge is 0.493 e. The Hall–Kier alpha value is -2.89. The molecule has 5 nitrogen and oxygen atoms in total. The van der Waals surface area contributed by atoms with E-state index in [2.05, 4.69) is 38.1 Å². The Balaban J connectivity index is 1.69. The minimum absolute atomic E-state index is 0.0353. The third kappa shape index (κ3) is 6.06. The molecule has 0 aliphatic heterocycles. The molecule has 0 unspecified atom stereocenters. The van der Waals surface area contributed by atoms with Crippen LogP contribution < -0.4 is 14.9 Å². The van der Waals surface area contributed by atoms with Crippen LogP contribution in [0.3, 0.4) is 0 Å². The lowest BCUT2D eigenvalue weighted by Gasteiger charge is -2.14. The highest BCUT2D eigenvalue weighted by Crippen LogP contribution is 2.34. The number of ether oxygens (including phenoxy) is 2. The summed E-state index contributed by atoms with van der Waals surface area (Å²) >= 11 is 2.06. The van der Waals surface area contributed by atoms with Gasteiger partial charge in [-0.2, -0.15) is 18.3 Å². The zero-order valence-electron chi connectivity index (χ0n) is 16.1. The first-order chi connectivity index (χ1) is 14.8. The van der Waals surface area contributed by atoms with E-state index in [1.807, 2.05) is 0 Å². The van der Waals surface area contributed by atoms with Crippen LogP contribution in [0.4, 0.5) is 23.4 Å². The number of hydrazone groups is 1. The van der Waals surface area contributed by atoms with Gasteiger partial charge in [0.1, 0.15) is 18.2 Å². The molecule has 31 heavy (non-hydrogen) atoms. The van der Waals surface area contributed by atoms with Crippen molar-refractivity contribution < 1.29 is 27.0 Å². The molecule has 0 radical (unpaired) electrons. The predicted molar refractivity (Wildman–Crippen MR) is 117 cm³/mol. The maximum absolute atomic E-state index is 13.8. The number of nitrogens with zero attached hydrogens (tertiary/aromatic N) is 2. The van der Waals surface area contributed by atoms with Gasteiger partial charge in [-0.3, -0.25) is 5.43 Å². The van der Waals surface area contributed by atoms with Gasteiger partial charge in [0.25, 0.3) is 0 Å². The molecule has 3 aromatic rings. The summed E-state index contributed by atoms with van der Waals surface area (Å²) in [6.45, 7) is 0.0353. The van der Waals surface area contributed by atoms with Crippen LogP contribution in [-0.2, 0) is 12.8 Å². The van der Waals surface area contributed by atoms with Crippen LogP contribution in [0.25, 0.3) is 0 Å². The van der Waals surface area contributed by atoms with Crippen molar-refractivity contribution in [3.05, 3.63) is 80.8 Å². The Morgan fingerprint density at radius 1 is 1.16 bits per heavy atom. The van der Waals surface area contributed by atoms with Gasteiger partial charge < -0.3 is 9.47 Å². The normalized spacial score (nSPS) is 11.5. The van der Waals surface area contributed by atoms with E-state index in [0.717, 1.165) is 12.3 Å². The number of pyridine rings is 1. The van der Waals surface area contributed by atoms with Crippen molar-refractivity contribution >= 4 is 34.6 Å². The van der Waals surface area contributed by atoms with Gasteiger partial charge in [0, 0.05) is 11.8 Å². The zero-order valence-corrected chi connectivity index (χ0v) is 18.2. The molecule has 1 heterocycles. The lowest BCUT2D eigenvalue weighted by atomic mass is 10.2. The maximum Gasteiger partial charge on any atom is 0.417 e. The van der Waals surface area contributed by atoms with Gasteiger partial charge >= 0.3 is 6.18 Å². The number of benzene rings is 2. The molecule has 1 N–H and O–H groups in total. The zero-order chi connectivity index (χ0) is 22.4. The van der Waals surface area contributed by atoms with Crippen molar-refractivity contribution in [3.63, 3.8) is 0 Å².